The zero-order valence-electron chi connectivity index (χ0n) is 15.0. The fourth-order valence-corrected chi connectivity index (χ4v) is 2.75. The van der Waals surface area contributed by atoms with Crippen LogP contribution in [0.25, 0.3) is 0 Å². The number of nitrogens with two attached hydrogens (primary N) is 1. The molecular formula is C19H21FN2O4. The van der Waals surface area contributed by atoms with Gasteiger partial charge in [0.05, 0.1) is 24.7 Å². The van der Waals surface area contributed by atoms with Gasteiger partial charge in [-0.1, -0.05) is 13.0 Å². The zero-order valence-corrected chi connectivity index (χ0v) is 15.0. The molecule has 1 aliphatic rings. The molecule has 26 heavy (non-hydrogen) atoms. The van der Waals surface area contributed by atoms with Gasteiger partial charge in [-0.05, 0) is 26.3 Å². The minimum atomic E-state index is -0.861. The predicted octanol–water partition coefficient (Wildman–Crippen LogP) is 3.26. The van der Waals surface area contributed by atoms with Crippen LogP contribution in [0.3, 0.4) is 0 Å². The van der Waals surface area contributed by atoms with Gasteiger partial charge in [0.1, 0.15) is 29.0 Å². The van der Waals surface area contributed by atoms with E-state index in [0.29, 0.717) is 18.6 Å². The number of allylic oxidation sites excluding steroid dienone is 2. The van der Waals surface area contributed by atoms with Crippen LogP contribution in [0.2, 0.25) is 0 Å². The average Bonchev–Trinajstić information content (AvgIpc) is 2.59. The zero-order chi connectivity index (χ0) is 19.3. The van der Waals surface area contributed by atoms with Crippen LogP contribution in [-0.4, -0.2) is 19.2 Å². The second kappa shape index (κ2) is 8.39. The fraction of sp³-hybridized carbons (Fsp3) is 0.368. The summed E-state index contributed by atoms with van der Waals surface area (Å²) in [6.07, 6.45) is 0.715. The second-order valence-electron chi connectivity index (χ2n) is 5.65. The Labute approximate surface area is 151 Å². The first-order valence-electron chi connectivity index (χ1n) is 8.32. The number of hydrogen-bond donors (Lipinski definition) is 1. The maximum atomic E-state index is 13.7. The van der Waals surface area contributed by atoms with Gasteiger partial charge >= 0.3 is 5.97 Å². The largest absolute Gasteiger partial charge is 0.493 e. The Morgan fingerprint density at radius 2 is 2.15 bits per heavy atom. The highest BCUT2D eigenvalue weighted by atomic mass is 19.1. The normalized spacial score (nSPS) is 16.8. The van der Waals surface area contributed by atoms with E-state index in [-0.39, 0.29) is 35.1 Å². The molecule has 0 amide bonds. The molecule has 7 heteroatoms. The molecule has 0 fully saturated rings. The maximum absolute atomic E-state index is 13.7. The van der Waals surface area contributed by atoms with E-state index < -0.39 is 17.7 Å². The summed E-state index contributed by atoms with van der Waals surface area (Å²) in [5.41, 5.74) is 6.50. The summed E-state index contributed by atoms with van der Waals surface area (Å²) in [6, 6.07) is 5.93. The Hall–Kier alpha value is -3.01. The topological polar surface area (TPSA) is 94.6 Å². The van der Waals surface area contributed by atoms with Crippen LogP contribution < -0.4 is 10.5 Å². The summed E-state index contributed by atoms with van der Waals surface area (Å²) >= 11 is 0. The van der Waals surface area contributed by atoms with Crippen molar-refractivity contribution in [3.05, 3.63) is 52.4 Å². The van der Waals surface area contributed by atoms with E-state index in [4.69, 9.17) is 19.9 Å². The number of ether oxygens (including phenoxy) is 3. The van der Waals surface area contributed by atoms with Gasteiger partial charge in [-0.3, -0.25) is 0 Å². The molecule has 2 N–H and O–H groups in total. The Morgan fingerprint density at radius 3 is 2.77 bits per heavy atom. The average molecular weight is 360 g/mol. The van der Waals surface area contributed by atoms with Gasteiger partial charge in [-0.15, -0.1) is 0 Å². The molecule has 0 saturated heterocycles. The second-order valence-corrected chi connectivity index (χ2v) is 5.65. The summed E-state index contributed by atoms with van der Waals surface area (Å²) in [6.45, 7) is 5.68. The SMILES string of the molecule is CCCOc1cc(F)ccc1C1C(C#N)=C(N)OC(C)=C1C(=O)OCC. The molecule has 0 radical (unpaired) electrons. The molecule has 1 unspecified atom stereocenters. The van der Waals surface area contributed by atoms with Gasteiger partial charge in [0.2, 0.25) is 5.88 Å². The van der Waals surface area contributed by atoms with E-state index in [1.165, 1.54) is 18.2 Å². The first-order valence-corrected chi connectivity index (χ1v) is 8.32. The smallest absolute Gasteiger partial charge is 0.338 e. The number of carbonyl (C=O) groups excluding carboxylic acids is 1. The van der Waals surface area contributed by atoms with Crippen LogP contribution in [0.4, 0.5) is 4.39 Å². The number of hydrogen-bond acceptors (Lipinski definition) is 6. The highest BCUT2D eigenvalue weighted by Gasteiger charge is 2.37. The lowest BCUT2D eigenvalue weighted by molar-refractivity contribution is -0.139. The van der Waals surface area contributed by atoms with Crippen molar-refractivity contribution >= 4 is 5.97 Å². The maximum Gasteiger partial charge on any atom is 0.338 e. The first-order chi connectivity index (χ1) is 12.4. The van der Waals surface area contributed by atoms with Crippen LogP contribution >= 0.6 is 0 Å². The number of halogens is 1. The van der Waals surface area contributed by atoms with Crippen molar-refractivity contribution in [2.45, 2.75) is 33.1 Å². The lowest BCUT2D eigenvalue weighted by Crippen LogP contribution is -2.26. The molecule has 0 saturated carbocycles. The van der Waals surface area contributed by atoms with E-state index >= 15 is 0 Å². The first kappa shape index (κ1) is 19.3. The summed E-state index contributed by atoms with van der Waals surface area (Å²) in [4.78, 5) is 12.5. The minimum absolute atomic E-state index is 0.0478. The van der Waals surface area contributed by atoms with E-state index in [9.17, 15) is 14.4 Å². The molecule has 0 spiro atoms. The number of benzene rings is 1. The van der Waals surface area contributed by atoms with Gasteiger partial charge in [0.25, 0.3) is 0 Å². The van der Waals surface area contributed by atoms with Crippen molar-refractivity contribution in [2.24, 2.45) is 5.73 Å². The standard InChI is InChI=1S/C19H21FN2O4/c1-4-8-25-15-9-12(20)6-7-13(15)17-14(10-21)18(22)26-11(3)16(17)19(23)24-5-2/h6-7,9,17H,4-5,8,22H2,1-3H3. The van der Waals surface area contributed by atoms with Crippen LogP contribution in [0.15, 0.2) is 41.0 Å². The number of carbonyl (C=O) groups is 1. The molecule has 1 atom stereocenters. The van der Waals surface area contributed by atoms with Gasteiger partial charge in [-0.2, -0.15) is 5.26 Å². The molecule has 2 rings (SSSR count). The van der Waals surface area contributed by atoms with Crippen LogP contribution in [-0.2, 0) is 14.3 Å². The lowest BCUT2D eigenvalue weighted by Gasteiger charge is -2.28. The number of nitrogens with zero attached hydrogens (tertiary/aromatic N) is 1. The lowest BCUT2D eigenvalue weighted by atomic mass is 9.82. The van der Waals surface area contributed by atoms with E-state index in [1.807, 2.05) is 13.0 Å². The van der Waals surface area contributed by atoms with Gasteiger partial charge < -0.3 is 19.9 Å². The summed E-state index contributed by atoms with van der Waals surface area (Å²) in [5, 5.41) is 9.57. The Kier molecular flexibility index (Phi) is 6.23. The van der Waals surface area contributed by atoms with Crippen molar-refractivity contribution in [3.63, 3.8) is 0 Å². The van der Waals surface area contributed by atoms with E-state index in [2.05, 4.69) is 0 Å². The number of nitriles is 1. The van der Waals surface area contributed by atoms with Crippen molar-refractivity contribution in [1.82, 2.24) is 0 Å². The van der Waals surface area contributed by atoms with Gasteiger partial charge in [0, 0.05) is 11.6 Å². The van der Waals surface area contributed by atoms with Crippen molar-refractivity contribution in [2.75, 3.05) is 13.2 Å². The molecule has 1 aromatic carbocycles. The Bertz CT molecular complexity index is 808. The van der Waals surface area contributed by atoms with Gasteiger partial charge in [0.15, 0.2) is 0 Å². The quantitative estimate of drug-likeness (QED) is 0.783. The number of rotatable bonds is 6. The van der Waals surface area contributed by atoms with E-state index in [1.54, 1.807) is 13.8 Å². The van der Waals surface area contributed by atoms with Crippen LogP contribution in [0.5, 0.6) is 5.75 Å². The summed E-state index contributed by atoms with van der Waals surface area (Å²) < 4.78 is 29.9. The third-order valence-corrected chi connectivity index (χ3v) is 3.85. The predicted molar refractivity (Wildman–Crippen MR) is 92.2 cm³/mol. The summed E-state index contributed by atoms with van der Waals surface area (Å²) in [5.74, 6) is -1.60. The molecule has 1 aliphatic heterocycles. The van der Waals surface area contributed by atoms with Crippen molar-refractivity contribution < 1.29 is 23.4 Å². The van der Waals surface area contributed by atoms with Crippen molar-refractivity contribution in [1.29, 1.82) is 5.26 Å². The Morgan fingerprint density at radius 1 is 1.42 bits per heavy atom. The highest BCUT2D eigenvalue weighted by Crippen LogP contribution is 2.43. The highest BCUT2D eigenvalue weighted by molar-refractivity contribution is 5.92. The number of esters is 1. The van der Waals surface area contributed by atoms with Crippen LogP contribution in [0, 0.1) is 17.1 Å². The molecule has 0 bridgehead atoms. The monoisotopic (exact) mass is 360 g/mol. The third-order valence-electron chi connectivity index (χ3n) is 3.85. The molecule has 0 aromatic heterocycles. The summed E-state index contributed by atoms with van der Waals surface area (Å²) in [7, 11) is 0. The third kappa shape index (κ3) is 3.80. The molecule has 138 valence electrons. The van der Waals surface area contributed by atoms with Crippen molar-refractivity contribution in [3.8, 4) is 11.8 Å². The fourth-order valence-electron chi connectivity index (χ4n) is 2.75. The van der Waals surface area contributed by atoms with Gasteiger partial charge in [-0.25, -0.2) is 9.18 Å². The van der Waals surface area contributed by atoms with Crippen LogP contribution in [0.1, 0.15) is 38.7 Å². The Balaban J connectivity index is 2.66. The van der Waals surface area contributed by atoms with E-state index in [0.717, 1.165) is 0 Å². The minimum Gasteiger partial charge on any atom is -0.493 e. The molecule has 6 nitrogen and oxygen atoms in total. The molecular weight excluding hydrogens is 339 g/mol. The molecule has 1 heterocycles. The molecule has 0 aliphatic carbocycles. The molecule has 1 aromatic rings.